The van der Waals surface area contributed by atoms with Crippen molar-refractivity contribution in [2.45, 2.75) is 88.0 Å². The highest BCUT2D eigenvalue weighted by Crippen LogP contribution is 2.44. The van der Waals surface area contributed by atoms with Crippen molar-refractivity contribution in [1.82, 2.24) is 0 Å². The lowest BCUT2D eigenvalue weighted by Crippen LogP contribution is -2.77. The van der Waals surface area contributed by atoms with Crippen molar-refractivity contribution in [2.75, 3.05) is 0 Å². The number of benzene rings is 2. The van der Waals surface area contributed by atoms with Gasteiger partial charge in [0.15, 0.2) is 0 Å². The number of aryl methyl sites for hydroxylation is 4. The first-order valence-corrected chi connectivity index (χ1v) is 11.4. The van der Waals surface area contributed by atoms with Crippen molar-refractivity contribution in [3.63, 3.8) is 0 Å². The normalized spacial score (nSPS) is 32.8. The van der Waals surface area contributed by atoms with Gasteiger partial charge >= 0.3 is 0 Å². The number of aliphatic hydroxyl groups excluding tert-OH is 4. The molecule has 0 aliphatic heterocycles. The van der Waals surface area contributed by atoms with Crippen LogP contribution in [-0.2, 0) is 12.8 Å². The highest BCUT2D eigenvalue weighted by Gasteiger charge is 2.65. The summed E-state index contributed by atoms with van der Waals surface area (Å²) in [6, 6.07) is 15.9. The molecule has 6 N–H and O–H groups in total. The molecule has 0 saturated heterocycles. The molecule has 0 bridgehead atoms. The molecule has 0 radical (unpaired) electrons. The minimum absolute atomic E-state index is 0.0378. The summed E-state index contributed by atoms with van der Waals surface area (Å²) in [5.41, 5.74) is 0.0464. The Hall–Kier alpha value is -1.80. The number of aliphatic hydroxyl groups is 6. The standard InChI is InChI=1S/C26H36O6/c1-17-7-11-19(12-8-17)5-3-15-25(31)23(29)21(27)22(28)24(30)26(25,32)16-4-6-20-13-9-18(2)10-14-20/h7-14,21-24,27-32H,3-6,15-16H2,1-2H3/t21-,22-,23-,24+,25+,26-/m1/s1. The van der Waals surface area contributed by atoms with E-state index in [0.717, 1.165) is 22.3 Å². The Labute approximate surface area is 189 Å². The minimum Gasteiger partial charge on any atom is -0.387 e. The average Bonchev–Trinajstić information content (AvgIpc) is 2.78. The maximum Gasteiger partial charge on any atom is 0.124 e. The molecular formula is C26H36O6. The molecule has 176 valence electrons. The summed E-state index contributed by atoms with van der Waals surface area (Å²) in [5, 5.41) is 64.7. The molecule has 6 heteroatoms. The summed E-state index contributed by atoms with van der Waals surface area (Å²) in [7, 11) is 0. The molecule has 2 aromatic rings. The van der Waals surface area contributed by atoms with Gasteiger partial charge in [-0.05, 0) is 63.5 Å². The van der Waals surface area contributed by atoms with Gasteiger partial charge in [-0.15, -0.1) is 0 Å². The number of hydrogen-bond acceptors (Lipinski definition) is 6. The lowest BCUT2D eigenvalue weighted by Gasteiger charge is -2.55. The van der Waals surface area contributed by atoms with Gasteiger partial charge in [0.2, 0.25) is 0 Å². The molecule has 6 nitrogen and oxygen atoms in total. The Morgan fingerprint density at radius 3 is 1.22 bits per heavy atom. The largest absolute Gasteiger partial charge is 0.387 e. The molecule has 6 atom stereocenters. The summed E-state index contributed by atoms with van der Waals surface area (Å²) < 4.78 is 0. The Balaban J connectivity index is 1.74. The lowest BCUT2D eigenvalue weighted by atomic mass is 9.62. The van der Waals surface area contributed by atoms with E-state index in [9.17, 15) is 30.6 Å². The first-order chi connectivity index (χ1) is 15.1. The van der Waals surface area contributed by atoms with Crippen molar-refractivity contribution in [2.24, 2.45) is 0 Å². The van der Waals surface area contributed by atoms with Gasteiger partial charge in [0.1, 0.15) is 35.6 Å². The van der Waals surface area contributed by atoms with Crippen LogP contribution in [0.4, 0.5) is 0 Å². The molecular weight excluding hydrogens is 408 g/mol. The minimum atomic E-state index is -2.16. The Bertz CT molecular complexity index is 793. The molecule has 1 aliphatic rings. The van der Waals surface area contributed by atoms with E-state index >= 15 is 0 Å². The molecule has 1 fully saturated rings. The summed E-state index contributed by atoms with van der Waals surface area (Å²) in [4.78, 5) is 0. The Morgan fingerprint density at radius 1 is 0.594 bits per heavy atom. The van der Waals surface area contributed by atoms with Crippen molar-refractivity contribution < 1.29 is 30.6 Å². The average molecular weight is 445 g/mol. The predicted molar refractivity (Wildman–Crippen MR) is 122 cm³/mol. The quantitative estimate of drug-likeness (QED) is 0.368. The van der Waals surface area contributed by atoms with Crippen LogP contribution < -0.4 is 0 Å². The lowest BCUT2D eigenvalue weighted by molar-refractivity contribution is -0.317. The molecule has 0 heterocycles. The highest BCUT2D eigenvalue weighted by atomic mass is 16.4. The third kappa shape index (κ3) is 4.91. The van der Waals surface area contributed by atoms with E-state index in [4.69, 9.17) is 0 Å². The summed E-state index contributed by atoms with van der Waals surface area (Å²) in [6.45, 7) is 3.99. The van der Waals surface area contributed by atoms with Crippen LogP contribution in [-0.4, -0.2) is 66.3 Å². The van der Waals surface area contributed by atoms with E-state index < -0.39 is 35.6 Å². The molecule has 1 saturated carbocycles. The number of hydrogen-bond donors (Lipinski definition) is 6. The third-order valence-electron chi connectivity index (χ3n) is 7.01. The summed E-state index contributed by atoms with van der Waals surface area (Å²) in [6.07, 6.45) is -5.12. The molecule has 3 rings (SSSR count). The van der Waals surface area contributed by atoms with E-state index in [1.54, 1.807) is 0 Å². The Kier molecular flexibility index (Phi) is 7.76. The van der Waals surface area contributed by atoms with Crippen LogP contribution in [0.1, 0.15) is 47.9 Å². The van der Waals surface area contributed by atoms with Crippen LogP contribution in [0.25, 0.3) is 0 Å². The SMILES string of the molecule is Cc1ccc(CCC[C@@]2(O)[C@@H](O)[C@H](O)[C@@H](O)[C@@H](O)[C@@]2(O)CCCc2ccc(C)cc2)cc1. The van der Waals surface area contributed by atoms with E-state index in [2.05, 4.69) is 0 Å². The second-order valence-corrected chi connectivity index (χ2v) is 9.40. The van der Waals surface area contributed by atoms with Crippen molar-refractivity contribution in [3.05, 3.63) is 70.8 Å². The zero-order chi connectivity index (χ0) is 23.5. The highest BCUT2D eigenvalue weighted by molar-refractivity contribution is 5.23. The van der Waals surface area contributed by atoms with Crippen LogP contribution in [0.5, 0.6) is 0 Å². The molecule has 0 spiro atoms. The summed E-state index contributed by atoms with van der Waals surface area (Å²) >= 11 is 0. The zero-order valence-corrected chi connectivity index (χ0v) is 18.9. The topological polar surface area (TPSA) is 121 Å². The molecule has 2 aromatic carbocycles. The summed E-state index contributed by atoms with van der Waals surface area (Å²) in [5.74, 6) is 0. The van der Waals surface area contributed by atoms with Gasteiger partial charge in [-0.25, -0.2) is 0 Å². The van der Waals surface area contributed by atoms with Crippen LogP contribution in [0.2, 0.25) is 0 Å². The van der Waals surface area contributed by atoms with Gasteiger partial charge in [0.05, 0.1) is 0 Å². The van der Waals surface area contributed by atoms with Crippen molar-refractivity contribution in [3.8, 4) is 0 Å². The number of rotatable bonds is 8. The van der Waals surface area contributed by atoms with Crippen LogP contribution in [0, 0.1) is 13.8 Å². The Morgan fingerprint density at radius 2 is 0.906 bits per heavy atom. The first-order valence-electron chi connectivity index (χ1n) is 11.4. The molecule has 0 amide bonds. The van der Waals surface area contributed by atoms with E-state index in [-0.39, 0.29) is 12.8 Å². The molecule has 32 heavy (non-hydrogen) atoms. The third-order valence-corrected chi connectivity index (χ3v) is 7.01. The maximum absolute atomic E-state index is 11.4. The van der Waals surface area contributed by atoms with Crippen LogP contribution >= 0.6 is 0 Å². The van der Waals surface area contributed by atoms with E-state index in [0.29, 0.717) is 25.7 Å². The monoisotopic (exact) mass is 444 g/mol. The van der Waals surface area contributed by atoms with E-state index in [1.807, 2.05) is 62.4 Å². The molecule has 0 aromatic heterocycles. The van der Waals surface area contributed by atoms with Crippen LogP contribution in [0.3, 0.4) is 0 Å². The maximum atomic E-state index is 11.4. The van der Waals surface area contributed by atoms with E-state index in [1.165, 1.54) is 0 Å². The van der Waals surface area contributed by atoms with Gasteiger partial charge in [-0.2, -0.15) is 0 Å². The van der Waals surface area contributed by atoms with Crippen molar-refractivity contribution in [1.29, 1.82) is 0 Å². The van der Waals surface area contributed by atoms with Gasteiger partial charge in [-0.3, -0.25) is 0 Å². The molecule has 1 aliphatic carbocycles. The fourth-order valence-electron chi connectivity index (χ4n) is 4.81. The first kappa shape index (κ1) is 24.8. The van der Waals surface area contributed by atoms with Crippen molar-refractivity contribution >= 4 is 0 Å². The van der Waals surface area contributed by atoms with Gasteiger partial charge < -0.3 is 30.6 Å². The van der Waals surface area contributed by atoms with Gasteiger partial charge in [-0.1, -0.05) is 59.7 Å². The van der Waals surface area contributed by atoms with Gasteiger partial charge in [0, 0.05) is 0 Å². The smallest absolute Gasteiger partial charge is 0.124 e. The van der Waals surface area contributed by atoms with Crippen LogP contribution in [0.15, 0.2) is 48.5 Å². The second-order valence-electron chi connectivity index (χ2n) is 9.40. The zero-order valence-electron chi connectivity index (χ0n) is 18.9. The van der Waals surface area contributed by atoms with Gasteiger partial charge in [0.25, 0.3) is 0 Å². The second kappa shape index (κ2) is 10.00. The predicted octanol–water partition coefficient (Wildman–Crippen LogP) is 1.57. The molecule has 0 unspecified atom stereocenters. The fourth-order valence-corrected chi connectivity index (χ4v) is 4.81. The fraction of sp³-hybridized carbons (Fsp3) is 0.538.